The zero-order valence-corrected chi connectivity index (χ0v) is 10.6. The van der Waals surface area contributed by atoms with E-state index in [2.05, 4.69) is 15.5 Å². The van der Waals surface area contributed by atoms with Gasteiger partial charge in [-0.1, -0.05) is 6.42 Å². The summed E-state index contributed by atoms with van der Waals surface area (Å²) in [7, 11) is 1.59. The number of nitrogens with zero attached hydrogens (tertiary/aromatic N) is 1. The third-order valence-corrected chi connectivity index (χ3v) is 3.25. The van der Waals surface area contributed by atoms with Crippen LogP contribution in [0, 0.1) is 0 Å². The highest BCUT2D eigenvalue weighted by Crippen LogP contribution is 2.10. The molecular weight excluding hydrogens is 218 g/mol. The molecule has 2 N–H and O–H groups in total. The average molecular weight is 241 g/mol. The van der Waals surface area contributed by atoms with E-state index in [-0.39, 0.29) is 11.9 Å². The van der Waals surface area contributed by atoms with Gasteiger partial charge in [-0.2, -0.15) is 0 Å². The molecule has 0 aromatic carbocycles. The van der Waals surface area contributed by atoms with Crippen LogP contribution in [-0.2, 0) is 9.59 Å². The zero-order chi connectivity index (χ0) is 12.5. The lowest BCUT2D eigenvalue weighted by Gasteiger charge is -2.26. The van der Waals surface area contributed by atoms with Crippen molar-refractivity contribution in [3.63, 3.8) is 0 Å². The number of amides is 2. The second-order valence-corrected chi connectivity index (χ2v) is 4.50. The van der Waals surface area contributed by atoms with Crippen molar-refractivity contribution in [3.8, 4) is 0 Å². The van der Waals surface area contributed by atoms with Crippen molar-refractivity contribution in [1.29, 1.82) is 0 Å². The first-order valence-corrected chi connectivity index (χ1v) is 6.41. The molecule has 1 atom stereocenters. The van der Waals surface area contributed by atoms with Crippen LogP contribution < -0.4 is 10.6 Å². The highest BCUT2D eigenvalue weighted by Gasteiger charge is 2.16. The molecule has 1 heterocycles. The summed E-state index contributed by atoms with van der Waals surface area (Å²) >= 11 is 0. The Morgan fingerprint density at radius 1 is 1.35 bits per heavy atom. The Morgan fingerprint density at radius 2 is 2.06 bits per heavy atom. The average Bonchev–Trinajstić information content (AvgIpc) is 2.38. The van der Waals surface area contributed by atoms with E-state index in [1.165, 1.54) is 32.4 Å². The molecule has 0 aliphatic carbocycles. The van der Waals surface area contributed by atoms with Crippen LogP contribution in [0.1, 0.15) is 32.1 Å². The topological polar surface area (TPSA) is 61.4 Å². The largest absolute Gasteiger partial charge is 0.357 e. The van der Waals surface area contributed by atoms with Gasteiger partial charge in [-0.3, -0.25) is 9.59 Å². The normalized spacial score (nSPS) is 18.4. The first-order chi connectivity index (χ1) is 8.27. The molecule has 17 heavy (non-hydrogen) atoms. The highest BCUT2D eigenvalue weighted by atomic mass is 16.2. The molecule has 1 rings (SSSR count). The van der Waals surface area contributed by atoms with Crippen LogP contribution >= 0.6 is 0 Å². The van der Waals surface area contributed by atoms with E-state index in [1.807, 2.05) is 0 Å². The summed E-state index contributed by atoms with van der Waals surface area (Å²) in [5.41, 5.74) is 0. The van der Waals surface area contributed by atoms with Gasteiger partial charge in [0.25, 0.3) is 0 Å². The van der Waals surface area contributed by atoms with Crippen LogP contribution in [0.2, 0.25) is 0 Å². The van der Waals surface area contributed by atoms with Gasteiger partial charge in [0.2, 0.25) is 12.3 Å². The maximum atomic E-state index is 11.4. The number of nitrogens with one attached hydrogen (secondary N) is 2. The molecule has 2 amide bonds. The summed E-state index contributed by atoms with van der Waals surface area (Å²) in [6, 6.07) is -0.387. The van der Waals surface area contributed by atoms with Crippen molar-refractivity contribution >= 4 is 12.3 Å². The number of hydrogen-bond acceptors (Lipinski definition) is 3. The number of carbonyl (C=O) groups is 2. The van der Waals surface area contributed by atoms with E-state index < -0.39 is 0 Å². The Bertz CT molecular complexity index is 240. The molecule has 0 saturated carbocycles. The molecule has 1 saturated heterocycles. The van der Waals surface area contributed by atoms with E-state index in [0.717, 1.165) is 13.0 Å². The van der Waals surface area contributed by atoms with Gasteiger partial charge in [-0.25, -0.2) is 0 Å². The number of hydrogen-bond donors (Lipinski definition) is 2. The summed E-state index contributed by atoms with van der Waals surface area (Å²) in [6.45, 7) is 3.37. The van der Waals surface area contributed by atoms with Crippen LogP contribution in [0.15, 0.2) is 0 Å². The van der Waals surface area contributed by atoms with E-state index in [9.17, 15) is 9.59 Å². The molecule has 98 valence electrons. The van der Waals surface area contributed by atoms with Crippen molar-refractivity contribution < 1.29 is 9.59 Å². The van der Waals surface area contributed by atoms with Crippen LogP contribution in [0.3, 0.4) is 0 Å². The molecule has 0 bridgehead atoms. The van der Waals surface area contributed by atoms with Crippen LogP contribution in [0.25, 0.3) is 0 Å². The quantitative estimate of drug-likeness (QED) is 0.622. The molecule has 0 aromatic rings. The van der Waals surface area contributed by atoms with Gasteiger partial charge in [-0.15, -0.1) is 0 Å². The number of likely N-dealkylation sites (tertiary alicyclic amines) is 1. The number of likely N-dealkylation sites (N-methyl/N-ethyl adjacent to an activating group) is 1. The molecule has 0 aromatic heterocycles. The summed E-state index contributed by atoms with van der Waals surface area (Å²) < 4.78 is 0. The van der Waals surface area contributed by atoms with Gasteiger partial charge in [0, 0.05) is 7.05 Å². The van der Waals surface area contributed by atoms with Crippen LogP contribution in [-0.4, -0.2) is 49.9 Å². The van der Waals surface area contributed by atoms with Gasteiger partial charge >= 0.3 is 0 Å². The monoisotopic (exact) mass is 241 g/mol. The fourth-order valence-electron chi connectivity index (χ4n) is 2.25. The third-order valence-electron chi connectivity index (χ3n) is 3.25. The Morgan fingerprint density at radius 3 is 2.65 bits per heavy atom. The fraction of sp³-hybridized carbons (Fsp3) is 0.833. The first-order valence-electron chi connectivity index (χ1n) is 6.41. The standard InChI is InChI=1S/C12H23N3O2/c1-13-12(17)11(14-10-16)6-5-9-15-7-3-2-4-8-15/h10-11H,2-9H2,1H3,(H,13,17)(H,14,16). The number of carbonyl (C=O) groups excluding carboxylic acids is 2. The Hall–Kier alpha value is -1.10. The Labute approximate surface area is 103 Å². The van der Waals surface area contributed by atoms with Gasteiger partial charge in [0.05, 0.1) is 0 Å². The van der Waals surface area contributed by atoms with Crippen molar-refractivity contribution in [2.75, 3.05) is 26.7 Å². The molecule has 1 aliphatic heterocycles. The maximum Gasteiger partial charge on any atom is 0.242 e. The molecule has 0 spiro atoms. The first kappa shape index (κ1) is 14.0. The lowest BCUT2D eigenvalue weighted by molar-refractivity contribution is -0.125. The van der Waals surface area contributed by atoms with Crippen molar-refractivity contribution in [3.05, 3.63) is 0 Å². The minimum atomic E-state index is -0.387. The Kier molecular flexibility index (Phi) is 6.62. The van der Waals surface area contributed by atoms with E-state index in [1.54, 1.807) is 7.05 Å². The molecule has 1 fully saturated rings. The number of rotatable bonds is 7. The Balaban J connectivity index is 2.21. The van der Waals surface area contributed by atoms with Gasteiger partial charge < -0.3 is 15.5 Å². The molecule has 1 unspecified atom stereocenters. The molecular formula is C12H23N3O2. The van der Waals surface area contributed by atoms with Crippen molar-refractivity contribution in [2.24, 2.45) is 0 Å². The smallest absolute Gasteiger partial charge is 0.242 e. The van der Waals surface area contributed by atoms with E-state index in [4.69, 9.17) is 0 Å². The van der Waals surface area contributed by atoms with Gasteiger partial charge in [-0.05, 0) is 45.3 Å². The summed E-state index contributed by atoms with van der Waals surface area (Å²) in [4.78, 5) is 24.3. The van der Waals surface area contributed by atoms with Crippen molar-refractivity contribution in [2.45, 2.75) is 38.1 Å². The fourth-order valence-corrected chi connectivity index (χ4v) is 2.25. The molecule has 0 radical (unpaired) electrons. The zero-order valence-electron chi connectivity index (χ0n) is 10.6. The predicted octanol–water partition coefficient (Wildman–Crippen LogP) is 0.113. The summed E-state index contributed by atoms with van der Waals surface area (Å²) in [5.74, 6) is -0.115. The summed E-state index contributed by atoms with van der Waals surface area (Å²) in [6.07, 6.45) is 6.15. The maximum absolute atomic E-state index is 11.4. The lowest BCUT2D eigenvalue weighted by Crippen LogP contribution is -2.42. The highest BCUT2D eigenvalue weighted by molar-refractivity contribution is 5.83. The minimum absolute atomic E-state index is 0.115. The second kappa shape index (κ2) is 8.06. The van der Waals surface area contributed by atoms with Gasteiger partial charge in [0.15, 0.2) is 0 Å². The third kappa shape index (κ3) is 5.17. The van der Waals surface area contributed by atoms with Crippen LogP contribution in [0.4, 0.5) is 0 Å². The van der Waals surface area contributed by atoms with Crippen molar-refractivity contribution in [1.82, 2.24) is 15.5 Å². The van der Waals surface area contributed by atoms with E-state index in [0.29, 0.717) is 12.8 Å². The summed E-state index contributed by atoms with van der Waals surface area (Å²) in [5, 5.41) is 5.12. The van der Waals surface area contributed by atoms with Gasteiger partial charge in [0.1, 0.15) is 6.04 Å². The van der Waals surface area contributed by atoms with Crippen LogP contribution in [0.5, 0.6) is 0 Å². The minimum Gasteiger partial charge on any atom is -0.357 e. The molecule has 5 nitrogen and oxygen atoms in total. The molecule has 5 heteroatoms. The second-order valence-electron chi connectivity index (χ2n) is 4.50. The predicted molar refractivity (Wildman–Crippen MR) is 66.6 cm³/mol. The van der Waals surface area contributed by atoms with E-state index >= 15 is 0 Å². The lowest BCUT2D eigenvalue weighted by atomic mass is 10.1. The molecule has 1 aliphatic rings. The number of piperidine rings is 1. The SMILES string of the molecule is CNC(=O)C(CCCN1CCCCC1)NC=O.